The summed E-state index contributed by atoms with van der Waals surface area (Å²) in [6.07, 6.45) is 9.02. The van der Waals surface area contributed by atoms with E-state index in [1.807, 2.05) is 0 Å². The van der Waals surface area contributed by atoms with Crippen LogP contribution >= 0.6 is 11.6 Å². The minimum atomic E-state index is -0.352. The molecule has 1 aromatic carbocycles. The van der Waals surface area contributed by atoms with Gasteiger partial charge in [0.2, 0.25) is 0 Å². The molecule has 1 nitrogen and oxygen atoms in total. The Hall–Kier alpha value is -0.760. The van der Waals surface area contributed by atoms with Gasteiger partial charge < -0.3 is 5.32 Å². The first kappa shape index (κ1) is 12.7. The maximum atomic E-state index is 13.0. The minimum absolute atomic E-state index is 0.195. The van der Waals surface area contributed by atoms with Crippen molar-refractivity contribution in [3.05, 3.63) is 29.0 Å². The molecule has 1 saturated carbocycles. The van der Waals surface area contributed by atoms with Crippen LogP contribution in [0.15, 0.2) is 18.2 Å². The molecule has 0 aromatic heterocycles. The highest BCUT2D eigenvalue weighted by molar-refractivity contribution is 6.31. The second-order valence-corrected chi connectivity index (χ2v) is 5.22. The summed E-state index contributed by atoms with van der Waals surface area (Å²) in [6, 6.07) is 5.38. The Balaban J connectivity index is 1.95. The van der Waals surface area contributed by atoms with Gasteiger partial charge in [-0.15, -0.1) is 0 Å². The molecule has 0 unspecified atom stereocenters. The van der Waals surface area contributed by atoms with Gasteiger partial charge in [0, 0.05) is 11.7 Å². The molecule has 1 aliphatic rings. The number of halogens is 2. The number of rotatable bonds is 2. The van der Waals surface area contributed by atoms with Crippen LogP contribution in [0.4, 0.5) is 10.1 Å². The Morgan fingerprint density at radius 3 is 2.35 bits per heavy atom. The highest BCUT2D eigenvalue weighted by Crippen LogP contribution is 2.23. The molecule has 0 aliphatic heterocycles. The van der Waals surface area contributed by atoms with Crippen molar-refractivity contribution >= 4 is 17.3 Å². The van der Waals surface area contributed by atoms with E-state index in [0.29, 0.717) is 6.04 Å². The Bertz CT molecular complexity index is 359. The Morgan fingerprint density at radius 1 is 1.06 bits per heavy atom. The zero-order valence-electron chi connectivity index (χ0n) is 10.0. The first-order valence-electron chi connectivity index (χ1n) is 6.47. The molecule has 17 heavy (non-hydrogen) atoms. The van der Waals surface area contributed by atoms with Gasteiger partial charge in [0.05, 0.1) is 5.02 Å². The monoisotopic (exact) mass is 255 g/mol. The molecule has 1 N–H and O–H groups in total. The summed E-state index contributed by atoms with van der Waals surface area (Å²) in [5.41, 5.74) is 0.932. The molecule has 1 aromatic rings. The maximum absolute atomic E-state index is 13.0. The van der Waals surface area contributed by atoms with E-state index in [9.17, 15) is 4.39 Å². The molecule has 0 bridgehead atoms. The number of benzene rings is 1. The summed E-state index contributed by atoms with van der Waals surface area (Å²) in [5.74, 6) is -0.352. The molecule has 0 radical (unpaired) electrons. The molecular weight excluding hydrogens is 237 g/mol. The largest absolute Gasteiger partial charge is 0.382 e. The van der Waals surface area contributed by atoms with Gasteiger partial charge in [-0.25, -0.2) is 4.39 Å². The highest BCUT2D eigenvalue weighted by Gasteiger charge is 2.11. The Labute approximate surface area is 107 Å². The quantitative estimate of drug-likeness (QED) is 0.784. The molecule has 1 aliphatic carbocycles. The van der Waals surface area contributed by atoms with E-state index in [0.717, 1.165) is 5.69 Å². The van der Waals surface area contributed by atoms with Crippen molar-refractivity contribution in [1.82, 2.24) is 0 Å². The zero-order valence-corrected chi connectivity index (χ0v) is 10.8. The van der Waals surface area contributed by atoms with Crippen LogP contribution in [0, 0.1) is 5.82 Å². The molecule has 0 amide bonds. The summed E-state index contributed by atoms with van der Waals surface area (Å²) in [4.78, 5) is 0. The van der Waals surface area contributed by atoms with Crippen LogP contribution in [0.1, 0.15) is 44.9 Å². The molecule has 3 heteroatoms. The predicted octanol–water partition coefficient (Wildman–Crippen LogP) is 5.00. The lowest BCUT2D eigenvalue weighted by Gasteiger charge is -2.22. The molecular formula is C14H19ClFN. The second-order valence-electron chi connectivity index (χ2n) is 4.82. The van der Waals surface area contributed by atoms with Crippen LogP contribution in [0.5, 0.6) is 0 Å². The van der Waals surface area contributed by atoms with Crippen molar-refractivity contribution in [3.63, 3.8) is 0 Å². The van der Waals surface area contributed by atoms with Gasteiger partial charge in [0.25, 0.3) is 0 Å². The van der Waals surface area contributed by atoms with E-state index in [1.165, 1.54) is 51.0 Å². The van der Waals surface area contributed by atoms with Crippen LogP contribution in [-0.4, -0.2) is 6.04 Å². The molecule has 1 fully saturated rings. The molecule has 94 valence electrons. The van der Waals surface area contributed by atoms with Crippen LogP contribution in [0.3, 0.4) is 0 Å². The lowest BCUT2D eigenvalue weighted by atomic mass is 9.96. The van der Waals surface area contributed by atoms with Gasteiger partial charge in [-0.1, -0.05) is 43.7 Å². The van der Waals surface area contributed by atoms with Crippen LogP contribution in [0.25, 0.3) is 0 Å². The third-order valence-electron chi connectivity index (χ3n) is 3.40. The Kier molecular flexibility index (Phi) is 4.66. The normalized spacial score (nSPS) is 18.5. The fourth-order valence-corrected chi connectivity index (χ4v) is 2.60. The fraction of sp³-hybridized carbons (Fsp3) is 0.571. The third kappa shape index (κ3) is 3.88. The fourth-order valence-electron chi connectivity index (χ4n) is 2.42. The summed E-state index contributed by atoms with van der Waals surface area (Å²) in [6.45, 7) is 0. The Morgan fingerprint density at radius 2 is 1.71 bits per heavy atom. The lowest BCUT2D eigenvalue weighted by Crippen LogP contribution is -2.20. The summed E-state index contributed by atoms with van der Waals surface area (Å²) < 4.78 is 13.0. The minimum Gasteiger partial charge on any atom is -0.382 e. The molecule has 2 rings (SSSR count). The summed E-state index contributed by atoms with van der Waals surface area (Å²) in [7, 11) is 0. The highest BCUT2D eigenvalue weighted by atomic mass is 35.5. The maximum Gasteiger partial charge on any atom is 0.141 e. The average molecular weight is 256 g/mol. The SMILES string of the molecule is Fc1ccc(NC2CCCCCCC2)cc1Cl. The van der Waals surface area contributed by atoms with Gasteiger partial charge in [0.1, 0.15) is 5.82 Å². The van der Waals surface area contributed by atoms with Crippen LogP contribution in [0.2, 0.25) is 5.02 Å². The number of hydrogen-bond donors (Lipinski definition) is 1. The molecule has 0 spiro atoms. The number of anilines is 1. The standard InChI is InChI=1S/C14H19ClFN/c15-13-10-12(8-9-14(13)16)17-11-6-4-2-1-3-5-7-11/h8-11,17H,1-7H2. The molecule has 0 heterocycles. The van der Waals surface area contributed by atoms with E-state index in [-0.39, 0.29) is 10.8 Å². The summed E-state index contributed by atoms with van der Waals surface area (Å²) in [5, 5.41) is 3.66. The lowest BCUT2D eigenvalue weighted by molar-refractivity contribution is 0.471. The van der Waals surface area contributed by atoms with Crippen molar-refractivity contribution in [2.45, 2.75) is 51.0 Å². The van der Waals surface area contributed by atoms with E-state index in [2.05, 4.69) is 5.32 Å². The van der Waals surface area contributed by atoms with E-state index < -0.39 is 0 Å². The van der Waals surface area contributed by atoms with Gasteiger partial charge >= 0.3 is 0 Å². The smallest absolute Gasteiger partial charge is 0.141 e. The first-order valence-corrected chi connectivity index (χ1v) is 6.85. The van der Waals surface area contributed by atoms with Gasteiger partial charge in [0.15, 0.2) is 0 Å². The molecule has 0 saturated heterocycles. The van der Waals surface area contributed by atoms with Crippen LogP contribution < -0.4 is 5.32 Å². The van der Waals surface area contributed by atoms with Gasteiger partial charge in [-0.05, 0) is 31.0 Å². The van der Waals surface area contributed by atoms with Crippen molar-refractivity contribution in [3.8, 4) is 0 Å². The number of nitrogens with one attached hydrogen (secondary N) is 1. The average Bonchev–Trinajstić information content (AvgIpc) is 2.27. The first-order chi connectivity index (χ1) is 8.25. The van der Waals surface area contributed by atoms with Crippen LogP contribution in [-0.2, 0) is 0 Å². The van der Waals surface area contributed by atoms with Crippen molar-refractivity contribution in [2.24, 2.45) is 0 Å². The van der Waals surface area contributed by atoms with Crippen molar-refractivity contribution < 1.29 is 4.39 Å². The van der Waals surface area contributed by atoms with Gasteiger partial charge in [-0.2, -0.15) is 0 Å². The van der Waals surface area contributed by atoms with E-state index in [4.69, 9.17) is 11.6 Å². The van der Waals surface area contributed by atoms with E-state index in [1.54, 1.807) is 12.1 Å². The third-order valence-corrected chi connectivity index (χ3v) is 3.69. The topological polar surface area (TPSA) is 12.0 Å². The molecule has 0 atom stereocenters. The van der Waals surface area contributed by atoms with Gasteiger partial charge in [-0.3, -0.25) is 0 Å². The van der Waals surface area contributed by atoms with Crippen molar-refractivity contribution in [2.75, 3.05) is 5.32 Å². The second kappa shape index (κ2) is 6.25. The van der Waals surface area contributed by atoms with Crippen molar-refractivity contribution in [1.29, 1.82) is 0 Å². The predicted molar refractivity (Wildman–Crippen MR) is 71.1 cm³/mol. The zero-order chi connectivity index (χ0) is 12.1. The van der Waals surface area contributed by atoms with E-state index >= 15 is 0 Å². The summed E-state index contributed by atoms with van der Waals surface area (Å²) >= 11 is 5.77. The number of hydrogen-bond acceptors (Lipinski definition) is 1.